The highest BCUT2D eigenvalue weighted by Gasteiger charge is 2.38. The number of carbonyl (C=O) groups is 1. The summed E-state index contributed by atoms with van der Waals surface area (Å²) in [6, 6.07) is -0.0608. The number of nitrogens with two attached hydrogens (primary N) is 1. The Bertz CT molecular complexity index is 276. The van der Waals surface area contributed by atoms with Crippen LogP contribution in [0.1, 0.15) is 45.4 Å². The topological polar surface area (TPSA) is 64.4 Å². The summed E-state index contributed by atoms with van der Waals surface area (Å²) in [5.41, 5.74) is 5.84. The van der Waals surface area contributed by atoms with Crippen molar-refractivity contribution >= 4 is 18.3 Å². The van der Waals surface area contributed by atoms with Crippen molar-refractivity contribution in [3.63, 3.8) is 0 Å². The first-order valence-corrected chi connectivity index (χ1v) is 6.90. The summed E-state index contributed by atoms with van der Waals surface area (Å²) in [5.74, 6) is 0.533. The fraction of sp³-hybridized carbons (Fsp3) is 0.923. The molecule has 0 radical (unpaired) electrons. The Labute approximate surface area is 115 Å². The van der Waals surface area contributed by atoms with E-state index in [-0.39, 0.29) is 30.4 Å². The van der Waals surface area contributed by atoms with Gasteiger partial charge >= 0.3 is 0 Å². The van der Waals surface area contributed by atoms with Gasteiger partial charge in [0.2, 0.25) is 5.91 Å². The predicted octanol–water partition coefficient (Wildman–Crippen LogP) is 1.61. The van der Waals surface area contributed by atoms with E-state index in [1.807, 2.05) is 0 Å². The first-order chi connectivity index (χ1) is 8.22. The SMILES string of the molecule is CCCC(N)C(=O)NC1CCCC2OCCC12.Cl. The molecule has 0 bridgehead atoms. The zero-order valence-electron chi connectivity index (χ0n) is 11.1. The number of hydrogen-bond donors (Lipinski definition) is 2. The minimum atomic E-state index is -0.345. The average molecular weight is 277 g/mol. The molecule has 1 aliphatic heterocycles. The summed E-state index contributed by atoms with van der Waals surface area (Å²) in [6.07, 6.45) is 6.55. The third kappa shape index (κ3) is 3.59. The summed E-state index contributed by atoms with van der Waals surface area (Å²) < 4.78 is 5.69. The Hall–Kier alpha value is -0.320. The molecule has 2 aliphatic rings. The summed E-state index contributed by atoms with van der Waals surface area (Å²) in [7, 11) is 0. The summed E-state index contributed by atoms with van der Waals surface area (Å²) in [6.45, 7) is 2.90. The highest BCUT2D eigenvalue weighted by molar-refractivity contribution is 5.85. The van der Waals surface area contributed by atoms with E-state index < -0.39 is 0 Å². The molecular weight excluding hydrogens is 252 g/mol. The van der Waals surface area contributed by atoms with Crippen molar-refractivity contribution in [1.82, 2.24) is 5.32 Å². The Morgan fingerprint density at radius 1 is 1.44 bits per heavy atom. The molecule has 1 saturated heterocycles. The van der Waals surface area contributed by atoms with Crippen molar-refractivity contribution in [2.45, 2.75) is 63.6 Å². The van der Waals surface area contributed by atoms with Gasteiger partial charge in [-0.05, 0) is 32.1 Å². The minimum Gasteiger partial charge on any atom is -0.378 e. The fourth-order valence-corrected chi connectivity index (χ4v) is 3.09. The molecule has 0 spiro atoms. The Kier molecular flexibility index (Phi) is 6.39. The second kappa shape index (κ2) is 7.31. The first kappa shape index (κ1) is 15.7. The number of carbonyl (C=O) groups excluding carboxylic acids is 1. The van der Waals surface area contributed by atoms with Crippen LogP contribution in [0.15, 0.2) is 0 Å². The number of hydrogen-bond acceptors (Lipinski definition) is 3. The van der Waals surface area contributed by atoms with Crippen molar-refractivity contribution in [3.8, 4) is 0 Å². The molecular formula is C13H25ClN2O2. The van der Waals surface area contributed by atoms with Gasteiger partial charge < -0.3 is 15.8 Å². The molecule has 4 nitrogen and oxygen atoms in total. The van der Waals surface area contributed by atoms with Gasteiger partial charge in [0.15, 0.2) is 0 Å². The molecule has 3 N–H and O–H groups in total. The molecule has 18 heavy (non-hydrogen) atoms. The smallest absolute Gasteiger partial charge is 0.237 e. The summed E-state index contributed by atoms with van der Waals surface area (Å²) in [4.78, 5) is 11.9. The van der Waals surface area contributed by atoms with Crippen molar-refractivity contribution in [2.24, 2.45) is 11.7 Å². The molecule has 1 saturated carbocycles. The highest BCUT2D eigenvalue weighted by Crippen LogP contribution is 2.34. The van der Waals surface area contributed by atoms with Crippen molar-refractivity contribution in [3.05, 3.63) is 0 Å². The van der Waals surface area contributed by atoms with Crippen molar-refractivity contribution < 1.29 is 9.53 Å². The maximum atomic E-state index is 11.9. The Morgan fingerprint density at radius 2 is 2.22 bits per heavy atom. The number of amides is 1. The molecule has 2 fully saturated rings. The van der Waals surface area contributed by atoms with Gasteiger partial charge in [-0.1, -0.05) is 13.3 Å². The fourth-order valence-electron chi connectivity index (χ4n) is 3.09. The van der Waals surface area contributed by atoms with Crippen LogP contribution in [-0.2, 0) is 9.53 Å². The van der Waals surface area contributed by atoms with Crippen molar-refractivity contribution in [2.75, 3.05) is 6.61 Å². The standard InChI is InChI=1S/C13H24N2O2.ClH/c1-2-4-10(14)13(16)15-11-5-3-6-12-9(11)7-8-17-12;/h9-12H,2-8,14H2,1H3,(H,15,16);1H. The number of nitrogens with one attached hydrogen (secondary N) is 1. The van der Waals surface area contributed by atoms with E-state index in [1.54, 1.807) is 0 Å². The highest BCUT2D eigenvalue weighted by atomic mass is 35.5. The lowest BCUT2D eigenvalue weighted by Gasteiger charge is -2.33. The molecule has 4 unspecified atom stereocenters. The Balaban J connectivity index is 0.00000162. The van der Waals surface area contributed by atoms with Crippen molar-refractivity contribution in [1.29, 1.82) is 0 Å². The van der Waals surface area contributed by atoms with Gasteiger partial charge in [0.25, 0.3) is 0 Å². The lowest BCUT2D eigenvalue weighted by atomic mass is 9.81. The minimum absolute atomic E-state index is 0. The van der Waals surface area contributed by atoms with Crippen LogP contribution >= 0.6 is 12.4 Å². The third-order valence-corrected chi connectivity index (χ3v) is 4.05. The number of ether oxygens (including phenoxy) is 1. The summed E-state index contributed by atoms with van der Waals surface area (Å²) >= 11 is 0. The predicted molar refractivity (Wildman–Crippen MR) is 73.8 cm³/mol. The monoisotopic (exact) mass is 276 g/mol. The third-order valence-electron chi connectivity index (χ3n) is 4.05. The van der Waals surface area contributed by atoms with Crippen LogP contribution in [0.4, 0.5) is 0 Å². The zero-order valence-corrected chi connectivity index (χ0v) is 11.9. The second-order valence-electron chi connectivity index (χ2n) is 5.30. The van der Waals surface area contributed by atoms with Crippen LogP contribution in [0.25, 0.3) is 0 Å². The first-order valence-electron chi connectivity index (χ1n) is 6.90. The van der Waals surface area contributed by atoms with Gasteiger partial charge in [-0.2, -0.15) is 0 Å². The van der Waals surface area contributed by atoms with E-state index in [2.05, 4.69) is 12.2 Å². The largest absolute Gasteiger partial charge is 0.378 e. The average Bonchev–Trinajstić information content (AvgIpc) is 2.78. The molecule has 106 valence electrons. The van der Waals surface area contributed by atoms with Crippen LogP contribution in [0.5, 0.6) is 0 Å². The molecule has 0 aromatic heterocycles. The quantitative estimate of drug-likeness (QED) is 0.820. The van der Waals surface area contributed by atoms with Crippen LogP contribution in [-0.4, -0.2) is 30.7 Å². The molecule has 4 atom stereocenters. The molecule has 1 heterocycles. The molecule has 1 aliphatic carbocycles. The van der Waals surface area contributed by atoms with Gasteiger partial charge in [-0.25, -0.2) is 0 Å². The van der Waals surface area contributed by atoms with Gasteiger partial charge in [0.05, 0.1) is 12.1 Å². The van der Waals surface area contributed by atoms with E-state index >= 15 is 0 Å². The maximum absolute atomic E-state index is 11.9. The van der Waals surface area contributed by atoms with Crippen LogP contribution in [0.3, 0.4) is 0 Å². The maximum Gasteiger partial charge on any atom is 0.237 e. The van der Waals surface area contributed by atoms with Crippen LogP contribution < -0.4 is 11.1 Å². The van der Waals surface area contributed by atoms with Gasteiger partial charge in [0.1, 0.15) is 0 Å². The zero-order chi connectivity index (χ0) is 12.3. The number of fused-ring (bicyclic) bond motifs is 1. The van der Waals surface area contributed by atoms with Gasteiger partial charge in [0, 0.05) is 18.6 Å². The molecule has 0 aromatic rings. The lowest BCUT2D eigenvalue weighted by Crippen LogP contribution is -2.50. The van der Waals surface area contributed by atoms with Gasteiger partial charge in [-0.15, -0.1) is 12.4 Å². The van der Waals surface area contributed by atoms with E-state index in [9.17, 15) is 4.79 Å². The van der Waals surface area contributed by atoms with E-state index in [4.69, 9.17) is 10.5 Å². The normalized spacial score (nSPS) is 32.2. The number of halogens is 1. The van der Waals surface area contributed by atoms with Crippen LogP contribution in [0.2, 0.25) is 0 Å². The number of rotatable bonds is 4. The van der Waals surface area contributed by atoms with E-state index in [1.165, 1.54) is 0 Å². The van der Waals surface area contributed by atoms with Crippen LogP contribution in [0, 0.1) is 5.92 Å². The molecule has 5 heteroatoms. The molecule has 0 aromatic carbocycles. The summed E-state index contributed by atoms with van der Waals surface area (Å²) in [5, 5.41) is 3.13. The molecule has 2 rings (SSSR count). The van der Waals surface area contributed by atoms with E-state index in [0.29, 0.717) is 12.0 Å². The van der Waals surface area contributed by atoms with E-state index in [0.717, 1.165) is 45.1 Å². The molecule has 1 amide bonds. The Morgan fingerprint density at radius 3 is 2.94 bits per heavy atom. The van der Waals surface area contributed by atoms with Gasteiger partial charge in [-0.3, -0.25) is 4.79 Å². The second-order valence-corrected chi connectivity index (χ2v) is 5.30. The lowest BCUT2D eigenvalue weighted by molar-refractivity contribution is -0.124.